The van der Waals surface area contributed by atoms with Crippen LogP contribution < -0.4 is 10.1 Å². The molecule has 1 aliphatic heterocycles. The summed E-state index contributed by atoms with van der Waals surface area (Å²) >= 11 is 0. The minimum atomic E-state index is -0.954. The molecule has 1 aromatic rings. The van der Waals surface area contributed by atoms with E-state index in [1.54, 1.807) is 32.2 Å². The molecule has 1 heterocycles. The van der Waals surface area contributed by atoms with E-state index in [1.807, 2.05) is 13.8 Å². The normalized spacial score (nSPS) is 17.1. The second-order valence-electron chi connectivity index (χ2n) is 6.28. The zero-order valence-electron chi connectivity index (χ0n) is 13.3. The predicted octanol–water partition coefficient (Wildman–Crippen LogP) is 1.86. The van der Waals surface area contributed by atoms with E-state index in [-0.39, 0.29) is 17.9 Å². The van der Waals surface area contributed by atoms with E-state index in [0.717, 1.165) is 11.4 Å². The van der Waals surface area contributed by atoms with E-state index in [1.165, 1.54) is 4.90 Å². The Morgan fingerprint density at radius 3 is 2.77 bits per heavy atom. The van der Waals surface area contributed by atoms with Gasteiger partial charge in [-0.2, -0.15) is 0 Å². The third-order valence-electron chi connectivity index (χ3n) is 3.78. The van der Waals surface area contributed by atoms with Gasteiger partial charge in [0.1, 0.15) is 11.4 Å². The largest absolute Gasteiger partial charge is 0.484 e. The van der Waals surface area contributed by atoms with Gasteiger partial charge in [0.15, 0.2) is 5.78 Å². The predicted molar refractivity (Wildman–Crippen MR) is 83.7 cm³/mol. The van der Waals surface area contributed by atoms with Gasteiger partial charge in [-0.1, -0.05) is 0 Å². The molecule has 6 nitrogen and oxygen atoms in total. The van der Waals surface area contributed by atoms with Gasteiger partial charge in [-0.05, 0) is 46.0 Å². The maximum absolute atomic E-state index is 12.5. The topological polar surface area (TPSA) is 78.9 Å². The van der Waals surface area contributed by atoms with Gasteiger partial charge in [0, 0.05) is 5.56 Å². The molecule has 0 radical (unpaired) electrons. The molecule has 6 heteroatoms. The number of likely N-dealkylation sites (N-methyl/N-ethyl adjacent to an activating group) is 1. The van der Waals surface area contributed by atoms with Crippen molar-refractivity contribution in [3.8, 4) is 5.75 Å². The maximum Gasteiger partial charge on any atom is 0.317 e. The number of rotatable bonds is 5. The first-order chi connectivity index (χ1) is 10.2. The number of ketones is 1. The van der Waals surface area contributed by atoms with Gasteiger partial charge in [0.05, 0.1) is 24.8 Å². The van der Waals surface area contributed by atoms with Gasteiger partial charge in [-0.15, -0.1) is 0 Å². The number of ether oxygens (including phenoxy) is 1. The van der Waals surface area contributed by atoms with E-state index >= 15 is 0 Å². The van der Waals surface area contributed by atoms with E-state index in [0.29, 0.717) is 12.1 Å². The summed E-state index contributed by atoms with van der Waals surface area (Å²) in [5.41, 5.74) is 1.05. The van der Waals surface area contributed by atoms with E-state index in [2.05, 4.69) is 5.32 Å². The summed E-state index contributed by atoms with van der Waals surface area (Å²) < 4.78 is 5.85. The molecule has 0 saturated carbocycles. The highest BCUT2D eigenvalue weighted by atomic mass is 16.5. The quantitative estimate of drug-likeness (QED) is 0.808. The van der Waals surface area contributed by atoms with Crippen LogP contribution in [0.2, 0.25) is 0 Å². The summed E-state index contributed by atoms with van der Waals surface area (Å²) in [7, 11) is 1.62. The van der Waals surface area contributed by atoms with Crippen molar-refractivity contribution in [2.45, 2.75) is 32.4 Å². The summed E-state index contributed by atoms with van der Waals surface area (Å²) in [6, 6.07) is 4.75. The fraction of sp³-hybridized carbons (Fsp3) is 0.500. The number of benzene rings is 1. The Morgan fingerprint density at radius 2 is 2.14 bits per heavy atom. The first-order valence-electron chi connectivity index (χ1n) is 7.23. The minimum Gasteiger partial charge on any atom is -0.484 e. The Morgan fingerprint density at radius 1 is 1.45 bits per heavy atom. The summed E-state index contributed by atoms with van der Waals surface area (Å²) in [4.78, 5) is 24.7. The van der Waals surface area contributed by atoms with Crippen molar-refractivity contribution >= 4 is 17.4 Å². The molecular formula is C16H22N2O4. The standard InChI is InChI=1S/C16H22N2O4/c1-10(18(4)8-14(19)20)15(21)11-5-6-13-12(7-11)17-9-16(2,3)22-13/h5-7,10,17H,8-9H2,1-4H3,(H,19,20). The second-order valence-corrected chi connectivity index (χ2v) is 6.28. The molecule has 120 valence electrons. The van der Waals surface area contributed by atoms with Crippen molar-refractivity contribution in [1.82, 2.24) is 4.90 Å². The zero-order valence-corrected chi connectivity index (χ0v) is 13.3. The number of hydrogen-bond donors (Lipinski definition) is 2. The van der Waals surface area contributed by atoms with Gasteiger partial charge in [-0.3, -0.25) is 14.5 Å². The van der Waals surface area contributed by atoms with Crippen LogP contribution in [-0.2, 0) is 4.79 Å². The van der Waals surface area contributed by atoms with Crippen LogP contribution in [0.4, 0.5) is 5.69 Å². The van der Waals surface area contributed by atoms with Gasteiger partial charge in [0.2, 0.25) is 0 Å². The lowest BCUT2D eigenvalue weighted by Gasteiger charge is -2.33. The summed E-state index contributed by atoms with van der Waals surface area (Å²) in [6.07, 6.45) is 0. The second kappa shape index (κ2) is 5.96. The van der Waals surface area contributed by atoms with Gasteiger partial charge in [-0.25, -0.2) is 0 Å². The molecule has 1 aromatic carbocycles. The van der Waals surface area contributed by atoms with Crippen LogP contribution in [0.15, 0.2) is 18.2 Å². The number of nitrogens with one attached hydrogen (secondary N) is 1. The first kappa shape index (κ1) is 16.3. The SMILES string of the molecule is CC(C(=O)c1ccc2c(c1)NCC(C)(C)O2)N(C)CC(=O)O. The van der Waals surface area contributed by atoms with Crippen LogP contribution in [0, 0.1) is 0 Å². The molecule has 22 heavy (non-hydrogen) atoms. The Kier molecular flexibility index (Phi) is 4.42. The van der Waals surface area contributed by atoms with Crippen molar-refractivity contribution in [3.05, 3.63) is 23.8 Å². The number of Topliss-reactive ketones (excluding diaryl/α,β-unsaturated/α-hetero) is 1. The van der Waals surface area contributed by atoms with E-state index < -0.39 is 12.0 Å². The number of carbonyl (C=O) groups excluding carboxylic acids is 1. The molecule has 0 aromatic heterocycles. The maximum atomic E-state index is 12.5. The number of aliphatic carboxylic acids is 1. The smallest absolute Gasteiger partial charge is 0.317 e. The molecule has 0 aliphatic carbocycles. The van der Waals surface area contributed by atoms with Crippen molar-refractivity contribution in [1.29, 1.82) is 0 Å². The van der Waals surface area contributed by atoms with Crippen LogP contribution in [0.25, 0.3) is 0 Å². The summed E-state index contributed by atoms with van der Waals surface area (Å²) in [5.74, 6) is -0.345. The number of hydrogen-bond acceptors (Lipinski definition) is 5. The summed E-state index contributed by atoms with van der Waals surface area (Å²) in [6.45, 7) is 6.17. The lowest BCUT2D eigenvalue weighted by molar-refractivity contribution is -0.138. The highest BCUT2D eigenvalue weighted by Gasteiger charge is 2.28. The number of carboxylic acid groups (broad SMARTS) is 1. The van der Waals surface area contributed by atoms with Gasteiger partial charge < -0.3 is 15.2 Å². The van der Waals surface area contributed by atoms with Crippen LogP contribution in [0.5, 0.6) is 5.75 Å². The van der Waals surface area contributed by atoms with E-state index in [9.17, 15) is 9.59 Å². The van der Waals surface area contributed by atoms with Crippen LogP contribution in [-0.4, -0.2) is 53.5 Å². The van der Waals surface area contributed by atoms with Gasteiger partial charge in [0.25, 0.3) is 0 Å². The molecule has 0 saturated heterocycles. The van der Waals surface area contributed by atoms with Crippen molar-refractivity contribution < 1.29 is 19.4 Å². The molecule has 1 aliphatic rings. The van der Waals surface area contributed by atoms with Crippen molar-refractivity contribution in [2.24, 2.45) is 0 Å². The molecule has 1 unspecified atom stereocenters. The van der Waals surface area contributed by atoms with Crippen LogP contribution >= 0.6 is 0 Å². The lowest BCUT2D eigenvalue weighted by atomic mass is 10.0. The average Bonchev–Trinajstić information content (AvgIpc) is 2.43. The number of anilines is 1. The van der Waals surface area contributed by atoms with Crippen molar-refractivity contribution in [3.63, 3.8) is 0 Å². The fourth-order valence-electron chi connectivity index (χ4n) is 2.34. The Bertz CT molecular complexity index is 598. The first-order valence-corrected chi connectivity index (χ1v) is 7.23. The average molecular weight is 306 g/mol. The number of carboxylic acids is 1. The van der Waals surface area contributed by atoms with Crippen LogP contribution in [0.3, 0.4) is 0 Å². The Labute approximate surface area is 130 Å². The highest BCUT2D eigenvalue weighted by Crippen LogP contribution is 2.33. The summed E-state index contributed by atoms with van der Waals surface area (Å²) in [5, 5.41) is 12.1. The third-order valence-corrected chi connectivity index (χ3v) is 3.78. The fourth-order valence-corrected chi connectivity index (χ4v) is 2.34. The molecule has 0 amide bonds. The third kappa shape index (κ3) is 3.57. The molecule has 2 N–H and O–H groups in total. The lowest BCUT2D eigenvalue weighted by Crippen LogP contribution is -2.40. The highest BCUT2D eigenvalue weighted by molar-refractivity contribution is 6.01. The van der Waals surface area contributed by atoms with E-state index in [4.69, 9.17) is 9.84 Å². The molecular weight excluding hydrogens is 284 g/mol. The molecule has 0 fully saturated rings. The molecule has 2 rings (SSSR count). The van der Waals surface area contributed by atoms with Crippen LogP contribution in [0.1, 0.15) is 31.1 Å². The monoisotopic (exact) mass is 306 g/mol. The van der Waals surface area contributed by atoms with Crippen molar-refractivity contribution in [2.75, 3.05) is 25.5 Å². The molecule has 0 bridgehead atoms. The zero-order chi connectivity index (χ0) is 16.5. The van der Waals surface area contributed by atoms with Gasteiger partial charge >= 0.3 is 5.97 Å². The number of nitrogens with zero attached hydrogens (tertiary/aromatic N) is 1. The number of fused-ring (bicyclic) bond motifs is 1. The molecule has 0 spiro atoms. The minimum absolute atomic E-state index is 0.113. The number of carbonyl (C=O) groups is 2. The Balaban J connectivity index is 2.16. The molecule has 1 atom stereocenters. The Hall–Kier alpha value is -2.08.